The van der Waals surface area contributed by atoms with Gasteiger partial charge >= 0.3 is 18.2 Å². The molecule has 7 nitrogen and oxygen atoms in total. The number of likely N-dealkylation sites (tertiary alicyclic amines) is 1. The molecule has 2 heterocycles. The summed E-state index contributed by atoms with van der Waals surface area (Å²) >= 11 is 0. The topological polar surface area (TPSA) is 76.6 Å². The quantitative estimate of drug-likeness (QED) is 0.632. The van der Waals surface area contributed by atoms with Crippen molar-refractivity contribution < 1.29 is 27.4 Å². The van der Waals surface area contributed by atoms with Crippen molar-refractivity contribution in [1.82, 2.24) is 14.9 Å². The van der Waals surface area contributed by atoms with Crippen LogP contribution in [0.25, 0.3) is 0 Å². The van der Waals surface area contributed by atoms with Crippen molar-refractivity contribution >= 4 is 11.7 Å². The van der Waals surface area contributed by atoms with E-state index in [1.807, 2.05) is 0 Å². The molecular weight excluding hydrogens is 413 g/mol. The number of piperidine rings is 1. The first-order valence-electron chi connectivity index (χ1n) is 10.2. The normalized spacial score (nSPS) is 16.6. The molecule has 168 valence electrons. The summed E-state index contributed by atoms with van der Waals surface area (Å²) in [4.78, 5) is 21.3. The molecule has 1 aliphatic heterocycles. The first-order valence-corrected chi connectivity index (χ1v) is 10.2. The number of urea groups is 1. The van der Waals surface area contributed by atoms with Crippen LogP contribution in [0.15, 0.2) is 36.5 Å². The molecule has 1 atom stereocenters. The number of amides is 2. The van der Waals surface area contributed by atoms with Crippen LogP contribution in [0, 0.1) is 0 Å². The van der Waals surface area contributed by atoms with Crippen LogP contribution in [0.5, 0.6) is 11.8 Å². The van der Waals surface area contributed by atoms with E-state index in [2.05, 4.69) is 22.2 Å². The number of hydrogen-bond acceptors (Lipinski definition) is 5. The molecule has 1 aromatic heterocycles. The average Bonchev–Trinajstić information content (AvgIpc) is 2.75. The number of nitrogens with one attached hydrogen (secondary N) is 1. The fourth-order valence-corrected chi connectivity index (χ4v) is 3.09. The van der Waals surface area contributed by atoms with Crippen molar-refractivity contribution in [2.45, 2.75) is 44.9 Å². The van der Waals surface area contributed by atoms with Crippen LogP contribution in [0.3, 0.4) is 0 Å². The molecule has 1 N–H and O–H groups in total. The minimum Gasteiger partial charge on any atom is -0.494 e. The number of anilines is 1. The molecule has 1 fully saturated rings. The molecule has 0 spiro atoms. The van der Waals surface area contributed by atoms with Crippen LogP contribution in [-0.2, 0) is 6.18 Å². The zero-order chi connectivity index (χ0) is 22.3. The highest BCUT2D eigenvalue weighted by Gasteiger charge is 2.33. The Kier molecular flexibility index (Phi) is 7.54. The summed E-state index contributed by atoms with van der Waals surface area (Å²) < 4.78 is 49.6. The Morgan fingerprint density at radius 3 is 2.74 bits per heavy atom. The van der Waals surface area contributed by atoms with Crippen molar-refractivity contribution in [2.24, 2.45) is 0 Å². The summed E-state index contributed by atoms with van der Waals surface area (Å²) in [5.41, 5.74) is -0.442. The summed E-state index contributed by atoms with van der Waals surface area (Å²) in [5, 5.41) is 2.82. The van der Waals surface area contributed by atoms with Crippen molar-refractivity contribution in [2.75, 3.05) is 25.0 Å². The predicted molar refractivity (Wildman–Crippen MR) is 108 cm³/mol. The number of halogens is 3. The van der Waals surface area contributed by atoms with Crippen molar-refractivity contribution in [3.8, 4) is 11.8 Å². The highest BCUT2D eigenvalue weighted by Crippen LogP contribution is 2.28. The lowest BCUT2D eigenvalue weighted by molar-refractivity contribution is -0.141. The minimum absolute atomic E-state index is 0.226. The zero-order valence-corrected chi connectivity index (χ0v) is 17.2. The number of nitrogens with zero attached hydrogens (tertiary/aromatic N) is 3. The summed E-state index contributed by atoms with van der Waals surface area (Å²) in [6.45, 7) is 3.48. The molecule has 3 rings (SSSR count). The van der Waals surface area contributed by atoms with Gasteiger partial charge in [0.25, 0.3) is 0 Å². The van der Waals surface area contributed by atoms with Crippen LogP contribution in [0.2, 0.25) is 0 Å². The highest BCUT2D eigenvalue weighted by molar-refractivity contribution is 5.89. The monoisotopic (exact) mass is 438 g/mol. The Bertz CT molecular complexity index is 862. The predicted octanol–water partition coefficient (Wildman–Crippen LogP) is 4.75. The largest absolute Gasteiger partial charge is 0.494 e. The van der Waals surface area contributed by atoms with Crippen LogP contribution in [0.4, 0.5) is 23.7 Å². The van der Waals surface area contributed by atoms with Gasteiger partial charge in [0.1, 0.15) is 11.9 Å². The number of aromatic nitrogens is 2. The molecule has 2 aromatic rings. The third-order valence-electron chi connectivity index (χ3n) is 4.73. The van der Waals surface area contributed by atoms with Gasteiger partial charge in [0.15, 0.2) is 5.69 Å². The number of ether oxygens (including phenoxy) is 2. The van der Waals surface area contributed by atoms with Crippen molar-refractivity contribution in [3.05, 3.63) is 42.2 Å². The third-order valence-corrected chi connectivity index (χ3v) is 4.73. The van der Waals surface area contributed by atoms with Gasteiger partial charge in [0.05, 0.1) is 13.2 Å². The van der Waals surface area contributed by atoms with E-state index in [-0.39, 0.29) is 18.6 Å². The van der Waals surface area contributed by atoms with Gasteiger partial charge in [-0.25, -0.2) is 9.78 Å². The average molecular weight is 438 g/mol. The number of unbranched alkanes of at least 4 members (excludes halogenated alkanes) is 1. The lowest BCUT2D eigenvalue weighted by Gasteiger charge is -2.32. The summed E-state index contributed by atoms with van der Waals surface area (Å²) in [5.74, 6) is 0.735. The number of carbonyl (C=O) groups is 1. The van der Waals surface area contributed by atoms with E-state index >= 15 is 0 Å². The molecular formula is C21H25F3N4O3. The Hall–Kier alpha value is -3.04. The molecule has 0 bridgehead atoms. The van der Waals surface area contributed by atoms with Crippen molar-refractivity contribution in [3.63, 3.8) is 0 Å². The zero-order valence-electron chi connectivity index (χ0n) is 17.2. The number of rotatable bonds is 7. The molecule has 1 unspecified atom stereocenters. The number of carbonyl (C=O) groups excluding carboxylic acids is 1. The lowest BCUT2D eigenvalue weighted by atomic mass is 10.1. The third kappa shape index (κ3) is 6.73. The molecule has 1 aliphatic rings. The highest BCUT2D eigenvalue weighted by atomic mass is 19.4. The van der Waals surface area contributed by atoms with Crippen LogP contribution >= 0.6 is 0 Å². The molecule has 0 aliphatic carbocycles. The molecule has 1 saturated heterocycles. The molecule has 10 heteroatoms. The number of hydrogen-bond donors (Lipinski definition) is 1. The second-order valence-corrected chi connectivity index (χ2v) is 7.21. The van der Waals surface area contributed by atoms with Gasteiger partial charge in [-0.1, -0.05) is 13.3 Å². The number of benzene rings is 1. The standard InChI is InChI=1S/C21H25F3N4O3/c1-2-3-13-30-16-8-6-15(7-9-16)26-20(29)28-12-4-5-17(14-28)31-19-25-11-10-18(27-19)21(22,23)24/h6-11,17H,2-5,12-14H2,1H3,(H,26,29). The summed E-state index contributed by atoms with van der Waals surface area (Å²) in [6, 6.07) is 7.23. The van der Waals surface area contributed by atoms with Gasteiger partial charge in [-0.3, -0.25) is 0 Å². The molecule has 0 radical (unpaired) electrons. The van der Waals surface area contributed by atoms with Crippen molar-refractivity contribution in [1.29, 1.82) is 0 Å². The Morgan fingerprint density at radius 1 is 1.26 bits per heavy atom. The van der Waals surface area contributed by atoms with Gasteiger partial charge in [-0.05, 0) is 49.6 Å². The summed E-state index contributed by atoms with van der Waals surface area (Å²) in [6.07, 6.45) is -0.785. The van der Waals surface area contributed by atoms with Crippen LogP contribution < -0.4 is 14.8 Å². The van der Waals surface area contributed by atoms with E-state index in [1.165, 1.54) is 0 Å². The first-order chi connectivity index (χ1) is 14.8. The fourth-order valence-electron chi connectivity index (χ4n) is 3.09. The maximum atomic E-state index is 12.8. The Labute approximate surface area is 178 Å². The second kappa shape index (κ2) is 10.3. The molecule has 1 aromatic carbocycles. The van der Waals surface area contributed by atoms with E-state index in [1.54, 1.807) is 29.2 Å². The van der Waals surface area contributed by atoms with E-state index < -0.39 is 18.0 Å². The fraction of sp³-hybridized carbons (Fsp3) is 0.476. The van der Waals surface area contributed by atoms with Gasteiger partial charge in [0.2, 0.25) is 0 Å². The smallest absolute Gasteiger partial charge is 0.433 e. The minimum atomic E-state index is -4.57. The Balaban J connectivity index is 1.53. The van der Waals surface area contributed by atoms with E-state index in [0.29, 0.717) is 31.7 Å². The SMILES string of the molecule is CCCCOc1ccc(NC(=O)N2CCCC(Oc3nccc(C(F)(F)F)n3)C2)cc1. The molecule has 2 amide bonds. The number of alkyl halides is 3. The van der Waals surface area contributed by atoms with E-state index in [0.717, 1.165) is 30.9 Å². The second-order valence-electron chi connectivity index (χ2n) is 7.21. The van der Waals surface area contributed by atoms with Gasteiger partial charge in [-0.2, -0.15) is 18.2 Å². The van der Waals surface area contributed by atoms with Gasteiger partial charge in [0, 0.05) is 18.4 Å². The Morgan fingerprint density at radius 2 is 2.03 bits per heavy atom. The van der Waals surface area contributed by atoms with E-state index in [4.69, 9.17) is 9.47 Å². The van der Waals surface area contributed by atoms with Crippen LogP contribution in [0.1, 0.15) is 38.3 Å². The maximum Gasteiger partial charge on any atom is 0.433 e. The first kappa shape index (κ1) is 22.6. The van der Waals surface area contributed by atoms with Gasteiger partial charge < -0.3 is 19.7 Å². The maximum absolute atomic E-state index is 12.8. The molecule has 31 heavy (non-hydrogen) atoms. The summed E-state index contributed by atoms with van der Waals surface area (Å²) in [7, 11) is 0. The molecule has 0 saturated carbocycles. The van der Waals surface area contributed by atoms with E-state index in [9.17, 15) is 18.0 Å². The lowest BCUT2D eigenvalue weighted by Crippen LogP contribution is -2.46. The van der Waals surface area contributed by atoms with Gasteiger partial charge in [-0.15, -0.1) is 0 Å². The van der Waals surface area contributed by atoms with Crippen LogP contribution in [-0.4, -0.2) is 46.7 Å².